The number of hydrogen-bond donors (Lipinski definition) is 2. The summed E-state index contributed by atoms with van der Waals surface area (Å²) in [5.41, 5.74) is 3.16. The Bertz CT molecular complexity index is 735. The van der Waals surface area contributed by atoms with Crippen molar-refractivity contribution in [3.63, 3.8) is 0 Å². The SMILES string of the molecule is CN=C(NCC(=O)N1CCc2ccccc21)NCc1ccccn1.I. The Morgan fingerprint density at radius 2 is 2.00 bits per heavy atom. The van der Waals surface area contributed by atoms with E-state index in [0.717, 1.165) is 24.3 Å². The van der Waals surface area contributed by atoms with Gasteiger partial charge in [0.05, 0.1) is 18.8 Å². The second-order valence-electron chi connectivity index (χ2n) is 5.52. The lowest BCUT2D eigenvalue weighted by atomic mass is 10.2. The minimum Gasteiger partial charge on any atom is -0.351 e. The number of para-hydroxylation sites is 1. The zero-order valence-corrected chi connectivity index (χ0v) is 16.4. The summed E-state index contributed by atoms with van der Waals surface area (Å²) in [5, 5.41) is 6.22. The summed E-state index contributed by atoms with van der Waals surface area (Å²) in [6.07, 6.45) is 2.66. The number of carbonyl (C=O) groups excluding carboxylic acids is 1. The molecule has 6 nitrogen and oxygen atoms in total. The summed E-state index contributed by atoms with van der Waals surface area (Å²) < 4.78 is 0. The molecule has 2 aromatic rings. The third kappa shape index (κ3) is 4.91. The number of fused-ring (bicyclic) bond motifs is 1. The quantitative estimate of drug-likeness (QED) is 0.424. The number of nitrogens with one attached hydrogen (secondary N) is 2. The van der Waals surface area contributed by atoms with E-state index < -0.39 is 0 Å². The molecule has 0 radical (unpaired) electrons. The lowest BCUT2D eigenvalue weighted by Crippen LogP contribution is -2.44. The summed E-state index contributed by atoms with van der Waals surface area (Å²) >= 11 is 0. The number of rotatable bonds is 4. The van der Waals surface area contributed by atoms with Gasteiger partial charge in [0.2, 0.25) is 5.91 Å². The highest BCUT2D eigenvalue weighted by molar-refractivity contribution is 14.0. The van der Waals surface area contributed by atoms with Crippen molar-refractivity contribution in [2.24, 2.45) is 4.99 Å². The molecule has 2 N–H and O–H groups in total. The number of hydrogen-bond acceptors (Lipinski definition) is 3. The smallest absolute Gasteiger partial charge is 0.246 e. The van der Waals surface area contributed by atoms with Crippen LogP contribution in [-0.4, -0.2) is 37.0 Å². The molecule has 132 valence electrons. The van der Waals surface area contributed by atoms with Crippen molar-refractivity contribution < 1.29 is 4.79 Å². The Morgan fingerprint density at radius 3 is 2.76 bits per heavy atom. The van der Waals surface area contributed by atoms with Crippen molar-refractivity contribution in [1.82, 2.24) is 15.6 Å². The average molecular weight is 451 g/mol. The van der Waals surface area contributed by atoms with E-state index in [9.17, 15) is 4.79 Å². The number of carbonyl (C=O) groups is 1. The van der Waals surface area contributed by atoms with Crippen LogP contribution in [0.1, 0.15) is 11.3 Å². The molecule has 0 spiro atoms. The van der Waals surface area contributed by atoms with Crippen molar-refractivity contribution in [2.75, 3.05) is 25.0 Å². The number of anilines is 1. The number of pyridine rings is 1. The van der Waals surface area contributed by atoms with E-state index in [4.69, 9.17) is 0 Å². The zero-order chi connectivity index (χ0) is 16.8. The zero-order valence-electron chi connectivity index (χ0n) is 14.1. The Morgan fingerprint density at radius 1 is 1.20 bits per heavy atom. The number of aromatic nitrogens is 1. The van der Waals surface area contributed by atoms with Crippen molar-refractivity contribution >= 4 is 41.5 Å². The second kappa shape index (κ2) is 9.36. The van der Waals surface area contributed by atoms with E-state index in [1.807, 2.05) is 41.3 Å². The van der Waals surface area contributed by atoms with E-state index >= 15 is 0 Å². The lowest BCUT2D eigenvalue weighted by Gasteiger charge is -2.18. The van der Waals surface area contributed by atoms with Gasteiger partial charge in [-0.15, -0.1) is 24.0 Å². The minimum absolute atomic E-state index is 0. The van der Waals surface area contributed by atoms with Crippen LogP contribution in [0.4, 0.5) is 5.69 Å². The molecule has 3 rings (SSSR count). The molecule has 1 aliphatic rings. The van der Waals surface area contributed by atoms with E-state index in [-0.39, 0.29) is 36.4 Å². The third-order valence-corrected chi connectivity index (χ3v) is 3.98. The fourth-order valence-corrected chi connectivity index (χ4v) is 2.75. The molecule has 0 saturated heterocycles. The summed E-state index contributed by atoms with van der Waals surface area (Å²) in [6, 6.07) is 13.8. The molecule has 2 heterocycles. The first-order chi connectivity index (χ1) is 11.8. The van der Waals surface area contributed by atoms with Crippen LogP contribution in [0.25, 0.3) is 0 Å². The predicted octanol–water partition coefficient (Wildman–Crippen LogP) is 1.95. The highest BCUT2D eigenvalue weighted by Crippen LogP contribution is 2.27. The summed E-state index contributed by atoms with van der Waals surface area (Å²) in [4.78, 5) is 22.7. The average Bonchev–Trinajstić information content (AvgIpc) is 3.07. The molecule has 0 atom stereocenters. The highest BCUT2D eigenvalue weighted by atomic mass is 127. The standard InChI is InChI=1S/C18H21N5O.HI/c1-19-18(21-12-15-7-4-5-10-20-15)22-13-17(24)23-11-9-14-6-2-3-8-16(14)23;/h2-8,10H,9,11-13H2,1H3,(H2,19,21,22);1H. The third-order valence-electron chi connectivity index (χ3n) is 3.98. The van der Waals surface area contributed by atoms with Gasteiger partial charge in [0, 0.05) is 25.5 Å². The molecule has 1 amide bonds. The first-order valence-corrected chi connectivity index (χ1v) is 8.00. The van der Waals surface area contributed by atoms with E-state index in [0.29, 0.717) is 12.5 Å². The fraction of sp³-hybridized carbons (Fsp3) is 0.278. The number of amides is 1. The molecule has 25 heavy (non-hydrogen) atoms. The van der Waals surface area contributed by atoms with Gasteiger partial charge in [-0.1, -0.05) is 24.3 Å². The first-order valence-electron chi connectivity index (χ1n) is 8.00. The number of halogens is 1. The van der Waals surface area contributed by atoms with Gasteiger partial charge in [-0.3, -0.25) is 14.8 Å². The van der Waals surface area contributed by atoms with Crippen LogP contribution in [0, 0.1) is 0 Å². The van der Waals surface area contributed by atoms with Gasteiger partial charge in [-0.25, -0.2) is 0 Å². The number of aliphatic imine (C=N–C) groups is 1. The van der Waals surface area contributed by atoms with Crippen LogP contribution < -0.4 is 15.5 Å². The van der Waals surface area contributed by atoms with Crippen LogP contribution in [0.15, 0.2) is 53.7 Å². The summed E-state index contributed by atoms with van der Waals surface area (Å²) in [5.74, 6) is 0.627. The van der Waals surface area contributed by atoms with Gasteiger partial charge in [0.15, 0.2) is 5.96 Å². The first kappa shape index (κ1) is 19.2. The second-order valence-corrected chi connectivity index (χ2v) is 5.52. The molecule has 0 saturated carbocycles. The Kier molecular flexibility index (Phi) is 7.17. The van der Waals surface area contributed by atoms with E-state index in [1.165, 1.54) is 5.56 Å². The molecule has 1 aromatic heterocycles. The van der Waals surface area contributed by atoms with E-state index in [1.54, 1.807) is 13.2 Å². The molecule has 0 bridgehead atoms. The topological polar surface area (TPSA) is 69.6 Å². The lowest BCUT2D eigenvalue weighted by molar-refractivity contribution is -0.117. The fourth-order valence-electron chi connectivity index (χ4n) is 2.75. The van der Waals surface area contributed by atoms with E-state index in [2.05, 4.69) is 26.7 Å². The van der Waals surface area contributed by atoms with Crippen LogP contribution in [0.3, 0.4) is 0 Å². The number of nitrogens with zero attached hydrogens (tertiary/aromatic N) is 3. The van der Waals surface area contributed by atoms with Crippen LogP contribution in [0.2, 0.25) is 0 Å². The number of benzene rings is 1. The van der Waals surface area contributed by atoms with Crippen molar-refractivity contribution in [2.45, 2.75) is 13.0 Å². The molecule has 0 unspecified atom stereocenters. The van der Waals surface area contributed by atoms with Crippen LogP contribution >= 0.6 is 24.0 Å². The highest BCUT2D eigenvalue weighted by Gasteiger charge is 2.23. The Balaban J connectivity index is 0.00000225. The Labute approximate surface area is 164 Å². The molecular weight excluding hydrogens is 429 g/mol. The molecule has 1 aliphatic heterocycles. The molecule has 7 heteroatoms. The maximum absolute atomic E-state index is 12.5. The molecule has 1 aromatic carbocycles. The maximum Gasteiger partial charge on any atom is 0.246 e. The van der Waals surface area contributed by atoms with Gasteiger partial charge in [0.1, 0.15) is 0 Å². The van der Waals surface area contributed by atoms with Gasteiger partial charge < -0.3 is 15.5 Å². The Hall–Kier alpha value is -2.16. The summed E-state index contributed by atoms with van der Waals surface area (Å²) in [6.45, 7) is 1.50. The minimum atomic E-state index is 0. The monoisotopic (exact) mass is 451 g/mol. The maximum atomic E-state index is 12.5. The molecule has 0 fully saturated rings. The summed E-state index contributed by atoms with van der Waals surface area (Å²) in [7, 11) is 1.68. The van der Waals surface area contributed by atoms with Gasteiger partial charge in [-0.2, -0.15) is 0 Å². The van der Waals surface area contributed by atoms with Crippen LogP contribution in [-0.2, 0) is 17.8 Å². The van der Waals surface area contributed by atoms with Gasteiger partial charge >= 0.3 is 0 Å². The van der Waals surface area contributed by atoms with Crippen molar-refractivity contribution in [1.29, 1.82) is 0 Å². The van der Waals surface area contributed by atoms with Crippen LogP contribution in [0.5, 0.6) is 0 Å². The predicted molar refractivity (Wildman–Crippen MR) is 110 cm³/mol. The van der Waals surface area contributed by atoms with Gasteiger partial charge in [0.25, 0.3) is 0 Å². The number of guanidine groups is 1. The molecule has 0 aliphatic carbocycles. The van der Waals surface area contributed by atoms with Crippen molar-refractivity contribution in [3.05, 3.63) is 59.9 Å². The largest absolute Gasteiger partial charge is 0.351 e. The molecular formula is C18H22IN5O. The van der Waals surface area contributed by atoms with Crippen molar-refractivity contribution in [3.8, 4) is 0 Å². The normalized spacial score (nSPS) is 13.0. The van der Waals surface area contributed by atoms with Gasteiger partial charge in [-0.05, 0) is 30.2 Å².